The Bertz CT molecular complexity index is 1080. The van der Waals surface area contributed by atoms with Gasteiger partial charge >= 0.3 is 5.97 Å². The number of carboxylic acids is 1. The second kappa shape index (κ2) is 7.28. The fraction of sp³-hybridized carbons (Fsp3) is 0.136. The number of nitrogens with one attached hydrogen (secondary N) is 1. The molecule has 4 rings (SSSR count). The molecular formula is C22H19NO2S. The third-order valence-electron chi connectivity index (χ3n) is 4.49. The molecular weight excluding hydrogens is 342 g/mol. The van der Waals surface area contributed by atoms with Gasteiger partial charge in [0.25, 0.3) is 0 Å². The number of thiophene rings is 1. The molecule has 0 bridgehead atoms. The van der Waals surface area contributed by atoms with Crippen LogP contribution in [0.5, 0.6) is 0 Å². The van der Waals surface area contributed by atoms with Gasteiger partial charge in [0.05, 0.1) is 6.42 Å². The molecule has 0 radical (unpaired) electrons. The van der Waals surface area contributed by atoms with Crippen molar-refractivity contribution < 1.29 is 9.90 Å². The number of benzene rings is 3. The lowest BCUT2D eigenvalue weighted by Gasteiger charge is -2.06. The molecule has 0 amide bonds. The van der Waals surface area contributed by atoms with Crippen molar-refractivity contribution in [2.24, 2.45) is 0 Å². The van der Waals surface area contributed by atoms with Crippen molar-refractivity contribution in [1.29, 1.82) is 0 Å². The Hall–Kier alpha value is -2.69. The Morgan fingerprint density at radius 1 is 0.962 bits per heavy atom. The maximum atomic E-state index is 10.6. The van der Waals surface area contributed by atoms with E-state index in [2.05, 4.69) is 72.0 Å². The molecule has 1 aromatic heterocycles. The minimum Gasteiger partial charge on any atom is -0.481 e. The van der Waals surface area contributed by atoms with Crippen LogP contribution in [0.15, 0.2) is 66.7 Å². The summed E-state index contributed by atoms with van der Waals surface area (Å²) in [6.07, 6.45) is 0.146. The highest BCUT2D eigenvalue weighted by Crippen LogP contribution is 2.35. The zero-order valence-corrected chi connectivity index (χ0v) is 15.1. The van der Waals surface area contributed by atoms with Crippen LogP contribution in [0, 0.1) is 0 Å². The molecule has 1 heterocycles. The van der Waals surface area contributed by atoms with Gasteiger partial charge in [0.15, 0.2) is 0 Å². The van der Waals surface area contributed by atoms with Gasteiger partial charge in [0, 0.05) is 28.1 Å². The maximum Gasteiger partial charge on any atom is 0.304 e. The van der Waals surface area contributed by atoms with E-state index in [1.54, 1.807) is 11.3 Å². The van der Waals surface area contributed by atoms with Crippen molar-refractivity contribution in [3.63, 3.8) is 0 Å². The first-order chi connectivity index (χ1) is 12.7. The van der Waals surface area contributed by atoms with E-state index < -0.39 is 5.97 Å². The lowest BCUT2D eigenvalue weighted by molar-refractivity contribution is -0.136. The third kappa shape index (κ3) is 3.47. The van der Waals surface area contributed by atoms with Gasteiger partial charge in [-0.3, -0.25) is 4.79 Å². The fourth-order valence-electron chi connectivity index (χ4n) is 3.22. The molecule has 2 N–H and O–H groups in total. The number of hydrogen-bond donors (Lipinski definition) is 2. The van der Waals surface area contributed by atoms with Gasteiger partial charge in [0.2, 0.25) is 0 Å². The van der Waals surface area contributed by atoms with Gasteiger partial charge < -0.3 is 10.4 Å². The van der Waals surface area contributed by atoms with E-state index in [0.29, 0.717) is 13.1 Å². The molecule has 0 aliphatic heterocycles. The van der Waals surface area contributed by atoms with Gasteiger partial charge in [0.1, 0.15) is 0 Å². The third-order valence-corrected chi connectivity index (χ3v) is 5.59. The van der Waals surface area contributed by atoms with Crippen LogP contribution in [0.2, 0.25) is 0 Å². The lowest BCUT2D eigenvalue weighted by atomic mass is 9.99. The van der Waals surface area contributed by atoms with Crippen molar-refractivity contribution in [2.45, 2.75) is 13.0 Å². The lowest BCUT2D eigenvalue weighted by Crippen LogP contribution is -2.16. The summed E-state index contributed by atoms with van der Waals surface area (Å²) in [6, 6.07) is 23.6. The molecule has 0 unspecified atom stereocenters. The van der Waals surface area contributed by atoms with Crippen molar-refractivity contribution in [3.05, 3.63) is 71.6 Å². The van der Waals surface area contributed by atoms with Crippen molar-refractivity contribution >= 4 is 38.2 Å². The van der Waals surface area contributed by atoms with Gasteiger partial charge in [-0.05, 0) is 40.1 Å². The quantitative estimate of drug-likeness (QED) is 0.459. The highest BCUT2D eigenvalue weighted by Gasteiger charge is 2.09. The Morgan fingerprint density at radius 3 is 2.65 bits per heavy atom. The summed E-state index contributed by atoms with van der Waals surface area (Å²) in [5.74, 6) is -0.771. The first-order valence-electron chi connectivity index (χ1n) is 8.64. The van der Waals surface area contributed by atoms with Crippen LogP contribution in [0.25, 0.3) is 32.0 Å². The topological polar surface area (TPSA) is 49.3 Å². The van der Waals surface area contributed by atoms with Crippen LogP contribution in [0.1, 0.15) is 11.3 Å². The van der Waals surface area contributed by atoms with Crippen LogP contribution < -0.4 is 5.32 Å². The maximum absolute atomic E-state index is 10.6. The molecule has 3 aromatic carbocycles. The van der Waals surface area contributed by atoms with Crippen molar-refractivity contribution in [3.8, 4) is 11.1 Å². The second-order valence-electron chi connectivity index (χ2n) is 6.31. The zero-order chi connectivity index (χ0) is 17.9. The molecule has 0 fully saturated rings. The number of aliphatic carboxylic acids is 1. The van der Waals surface area contributed by atoms with Crippen LogP contribution in [-0.4, -0.2) is 17.6 Å². The van der Waals surface area contributed by atoms with Gasteiger partial charge in [-0.15, -0.1) is 11.3 Å². The summed E-state index contributed by atoms with van der Waals surface area (Å²) in [5, 5.41) is 15.7. The molecule has 0 aliphatic carbocycles. The Morgan fingerprint density at radius 2 is 1.81 bits per heavy atom. The first kappa shape index (κ1) is 16.8. The van der Waals surface area contributed by atoms with Crippen LogP contribution in [0.3, 0.4) is 0 Å². The van der Waals surface area contributed by atoms with E-state index in [-0.39, 0.29) is 6.42 Å². The number of fused-ring (bicyclic) bond motifs is 2. The minimum atomic E-state index is -0.771. The Balaban J connectivity index is 1.65. The second-order valence-corrected chi connectivity index (χ2v) is 7.48. The summed E-state index contributed by atoms with van der Waals surface area (Å²) in [7, 11) is 0. The molecule has 3 nitrogen and oxygen atoms in total. The summed E-state index contributed by atoms with van der Waals surface area (Å²) in [4.78, 5) is 11.8. The fourth-order valence-corrected chi connectivity index (χ4v) is 4.28. The normalized spacial score (nSPS) is 11.2. The number of carbonyl (C=O) groups is 1. The van der Waals surface area contributed by atoms with Crippen molar-refractivity contribution in [1.82, 2.24) is 5.32 Å². The predicted octanol–water partition coefficient (Wildman–Crippen LogP) is 5.29. The smallest absolute Gasteiger partial charge is 0.304 e. The monoisotopic (exact) mass is 361 g/mol. The summed E-state index contributed by atoms with van der Waals surface area (Å²) >= 11 is 1.76. The van der Waals surface area contributed by atoms with Gasteiger partial charge in [-0.25, -0.2) is 0 Å². The van der Waals surface area contributed by atoms with Gasteiger partial charge in [-0.1, -0.05) is 48.5 Å². The summed E-state index contributed by atoms with van der Waals surface area (Å²) in [5.41, 5.74) is 2.46. The van der Waals surface area contributed by atoms with E-state index in [1.807, 2.05) is 0 Å². The highest BCUT2D eigenvalue weighted by atomic mass is 32.1. The van der Waals surface area contributed by atoms with E-state index >= 15 is 0 Å². The average Bonchev–Trinajstić information content (AvgIpc) is 3.07. The first-order valence-corrected chi connectivity index (χ1v) is 9.45. The number of rotatable bonds is 6. The van der Waals surface area contributed by atoms with E-state index in [4.69, 9.17) is 5.11 Å². The Labute approximate surface area is 155 Å². The largest absolute Gasteiger partial charge is 0.481 e. The van der Waals surface area contributed by atoms with Crippen molar-refractivity contribution in [2.75, 3.05) is 6.54 Å². The SMILES string of the molecule is O=C(O)CCNCc1cc2c(-c3ccc4ccccc4c3)cccc2s1. The molecule has 4 heteroatoms. The average molecular weight is 361 g/mol. The standard InChI is InChI=1S/C22H19NO2S/c24-22(25)10-11-23-14-18-13-20-19(6-3-7-21(20)26-18)17-9-8-15-4-1-2-5-16(15)12-17/h1-9,12-13,23H,10-11,14H2,(H,24,25). The van der Waals surface area contributed by atoms with Gasteiger partial charge in [-0.2, -0.15) is 0 Å². The van der Waals surface area contributed by atoms with Crippen LogP contribution >= 0.6 is 11.3 Å². The molecule has 26 heavy (non-hydrogen) atoms. The van der Waals surface area contributed by atoms with E-state index in [9.17, 15) is 4.79 Å². The molecule has 0 aliphatic rings. The number of carboxylic acid groups (broad SMARTS) is 1. The highest BCUT2D eigenvalue weighted by molar-refractivity contribution is 7.19. The molecule has 130 valence electrons. The summed E-state index contributed by atoms with van der Waals surface area (Å²) < 4.78 is 1.26. The minimum absolute atomic E-state index is 0.146. The van der Waals surface area contributed by atoms with Crippen LogP contribution in [-0.2, 0) is 11.3 Å². The molecule has 0 spiro atoms. The summed E-state index contributed by atoms with van der Waals surface area (Å²) in [6.45, 7) is 1.19. The molecule has 0 atom stereocenters. The molecule has 0 saturated heterocycles. The zero-order valence-electron chi connectivity index (χ0n) is 14.2. The molecule has 0 saturated carbocycles. The Kier molecular flexibility index (Phi) is 4.69. The van der Waals surface area contributed by atoms with E-state index in [1.165, 1.54) is 36.9 Å². The predicted molar refractivity (Wildman–Crippen MR) is 109 cm³/mol. The van der Waals surface area contributed by atoms with Crippen LogP contribution in [0.4, 0.5) is 0 Å². The number of hydrogen-bond acceptors (Lipinski definition) is 3. The molecule has 4 aromatic rings. The van der Waals surface area contributed by atoms with E-state index in [0.717, 1.165) is 0 Å².